The molecule has 0 spiro atoms. The van der Waals surface area contributed by atoms with Gasteiger partial charge in [0.25, 0.3) is 17.7 Å². The largest absolute Gasteiger partial charge is 0.457 e. The van der Waals surface area contributed by atoms with Crippen molar-refractivity contribution in [2.45, 2.75) is 44.2 Å². The number of aromatic nitrogens is 4. The smallest absolute Gasteiger partial charge is 0.262 e. The van der Waals surface area contributed by atoms with Crippen molar-refractivity contribution in [3.05, 3.63) is 95.8 Å². The van der Waals surface area contributed by atoms with Crippen LogP contribution in [-0.4, -0.2) is 123 Å². The molecule has 0 aliphatic carbocycles. The van der Waals surface area contributed by atoms with Crippen molar-refractivity contribution in [3.63, 3.8) is 0 Å². The van der Waals surface area contributed by atoms with Crippen molar-refractivity contribution in [1.82, 2.24) is 34.4 Å². The second kappa shape index (κ2) is 17.2. The molecule has 3 aliphatic rings. The number of Topliss-reactive ketones (excluding diaryl/α,β-unsaturated/α-hetero) is 1. The Morgan fingerprint density at radius 1 is 0.831 bits per heavy atom. The first-order valence-electron chi connectivity index (χ1n) is 19.7. The van der Waals surface area contributed by atoms with E-state index in [0.29, 0.717) is 30.2 Å². The van der Waals surface area contributed by atoms with Gasteiger partial charge < -0.3 is 24.8 Å². The van der Waals surface area contributed by atoms with Crippen LogP contribution in [0, 0.1) is 0 Å². The number of hydrogen-bond acceptors (Lipinski definition) is 13. The first-order chi connectivity index (χ1) is 28.7. The first-order valence-corrected chi connectivity index (χ1v) is 19.7. The highest BCUT2D eigenvalue weighted by Crippen LogP contribution is 2.35. The van der Waals surface area contributed by atoms with E-state index in [1.165, 1.54) is 25.5 Å². The van der Waals surface area contributed by atoms with Crippen LogP contribution in [0.5, 0.6) is 11.5 Å². The predicted octanol–water partition coefficient (Wildman–Crippen LogP) is 4.09. The number of hydrogen-bond donors (Lipinski definition) is 1. The number of benzene rings is 3. The molecular weight excluding hydrogens is 757 g/mol. The molecule has 8 rings (SSSR count). The SMILES string of the molecule is CN1C(=O)CCC(N2C(=O)c3ccc(CC(=O)COCCOCCN4CCC(n5nc(-c6ccc(Oc7ccccc7)cc6)c6c(N)ncnc65)CC4)cc3C2=O)C1=O. The number of anilines is 1. The van der Waals surface area contributed by atoms with Crippen LogP contribution in [0.15, 0.2) is 79.1 Å². The minimum absolute atomic E-state index is 0.0127. The van der Waals surface area contributed by atoms with Gasteiger partial charge in [0, 0.05) is 45.1 Å². The lowest BCUT2D eigenvalue weighted by molar-refractivity contribution is -0.149. The summed E-state index contributed by atoms with van der Waals surface area (Å²) in [6.07, 6.45) is 3.39. The number of para-hydroxylation sites is 1. The Kier molecular flexibility index (Phi) is 11.5. The summed E-state index contributed by atoms with van der Waals surface area (Å²) >= 11 is 0. The Bertz CT molecular complexity index is 2390. The van der Waals surface area contributed by atoms with Crippen molar-refractivity contribution in [1.29, 1.82) is 0 Å². The zero-order valence-corrected chi connectivity index (χ0v) is 32.6. The molecule has 1 atom stereocenters. The van der Waals surface area contributed by atoms with E-state index in [2.05, 4.69) is 14.9 Å². The maximum absolute atomic E-state index is 13.2. The van der Waals surface area contributed by atoms with Gasteiger partial charge in [-0.3, -0.25) is 33.8 Å². The molecule has 16 heteroatoms. The van der Waals surface area contributed by atoms with Crippen molar-refractivity contribution in [2.75, 3.05) is 58.8 Å². The van der Waals surface area contributed by atoms with Gasteiger partial charge in [0.1, 0.15) is 42.0 Å². The highest BCUT2D eigenvalue weighted by atomic mass is 16.5. The number of rotatable bonds is 15. The summed E-state index contributed by atoms with van der Waals surface area (Å²) in [6.45, 7) is 3.44. The Morgan fingerprint density at radius 3 is 2.34 bits per heavy atom. The van der Waals surface area contributed by atoms with Gasteiger partial charge in [0.05, 0.1) is 42.4 Å². The fourth-order valence-corrected chi connectivity index (χ4v) is 7.86. The predicted molar refractivity (Wildman–Crippen MR) is 214 cm³/mol. The van der Waals surface area contributed by atoms with E-state index < -0.39 is 23.8 Å². The third-order valence-corrected chi connectivity index (χ3v) is 11.0. The number of piperidine rings is 2. The highest BCUT2D eigenvalue weighted by molar-refractivity contribution is 6.23. The highest BCUT2D eigenvalue weighted by Gasteiger charge is 2.46. The minimum Gasteiger partial charge on any atom is -0.457 e. The summed E-state index contributed by atoms with van der Waals surface area (Å²) in [5, 5.41) is 5.76. The molecular formula is C43H44N8O8. The van der Waals surface area contributed by atoms with Gasteiger partial charge in [-0.05, 0) is 73.4 Å². The lowest BCUT2D eigenvalue weighted by Crippen LogP contribution is -2.54. The molecule has 3 aromatic carbocycles. The molecule has 0 bridgehead atoms. The number of ether oxygens (including phenoxy) is 3. The Balaban J connectivity index is 0.758. The molecule has 0 radical (unpaired) electrons. The van der Waals surface area contributed by atoms with Crippen molar-refractivity contribution >= 4 is 46.3 Å². The topological polar surface area (TPSA) is 192 Å². The van der Waals surface area contributed by atoms with Crippen LogP contribution in [0.2, 0.25) is 0 Å². The van der Waals surface area contributed by atoms with Crippen LogP contribution in [0.4, 0.5) is 5.82 Å². The van der Waals surface area contributed by atoms with Crippen molar-refractivity contribution < 1.29 is 38.2 Å². The number of nitrogen functional groups attached to an aromatic ring is 1. The molecule has 5 aromatic rings. The van der Waals surface area contributed by atoms with Gasteiger partial charge in [-0.15, -0.1) is 0 Å². The number of imide groups is 2. The number of amides is 4. The van der Waals surface area contributed by atoms with Crippen LogP contribution in [0.1, 0.15) is 58.0 Å². The first kappa shape index (κ1) is 39.5. The summed E-state index contributed by atoms with van der Waals surface area (Å²) < 4.78 is 19.3. The van der Waals surface area contributed by atoms with Crippen LogP contribution in [-0.2, 0) is 30.3 Å². The summed E-state index contributed by atoms with van der Waals surface area (Å²) in [5.41, 5.74) is 9.59. The normalized spacial score (nSPS) is 17.6. The van der Waals surface area contributed by atoms with Gasteiger partial charge in [-0.25, -0.2) is 14.6 Å². The van der Waals surface area contributed by atoms with Crippen LogP contribution in [0.25, 0.3) is 22.3 Å². The van der Waals surface area contributed by atoms with Crippen molar-refractivity contribution in [2.24, 2.45) is 0 Å². The van der Waals surface area contributed by atoms with Gasteiger partial charge in [0.2, 0.25) is 5.91 Å². The molecule has 4 amide bonds. The Hall–Kier alpha value is -6.36. The minimum atomic E-state index is -1.03. The molecule has 3 aliphatic heterocycles. The second-order valence-corrected chi connectivity index (χ2v) is 14.8. The summed E-state index contributed by atoms with van der Waals surface area (Å²) in [5.74, 6) is -0.446. The fourth-order valence-electron chi connectivity index (χ4n) is 7.86. The molecule has 1 unspecified atom stereocenters. The summed E-state index contributed by atoms with van der Waals surface area (Å²) in [4.78, 5) is 76.6. The number of nitrogens with two attached hydrogens (primary N) is 1. The zero-order chi connectivity index (χ0) is 41.0. The van der Waals surface area contributed by atoms with E-state index in [1.807, 2.05) is 59.3 Å². The zero-order valence-electron chi connectivity index (χ0n) is 32.6. The van der Waals surface area contributed by atoms with E-state index >= 15 is 0 Å². The standard InChI is InChI=1S/C43H44N8O8/c1-48-36(53)14-13-35(43(48)56)50-41(54)33-12-7-27(24-34(33)42(50)55)23-30(52)25-58-22-21-57-20-19-49-17-15-29(16-18-49)51-40-37(39(44)45-26-46-40)38(47-51)28-8-10-32(11-9-28)59-31-5-3-2-4-6-31/h2-12,24,26,29,35H,13-23,25H2,1H3,(H2,44,45,46). The molecule has 0 saturated carbocycles. The maximum atomic E-state index is 13.2. The summed E-state index contributed by atoms with van der Waals surface area (Å²) in [7, 11) is 1.34. The number of nitrogens with zero attached hydrogens (tertiary/aromatic N) is 7. The quantitative estimate of drug-likeness (QED) is 0.118. The molecule has 2 aromatic heterocycles. The van der Waals surface area contributed by atoms with E-state index in [1.54, 1.807) is 6.07 Å². The van der Waals surface area contributed by atoms with E-state index in [4.69, 9.17) is 25.0 Å². The van der Waals surface area contributed by atoms with E-state index in [9.17, 15) is 24.0 Å². The van der Waals surface area contributed by atoms with Crippen LogP contribution < -0.4 is 10.5 Å². The molecule has 304 valence electrons. The van der Waals surface area contributed by atoms with Gasteiger partial charge in [-0.2, -0.15) is 5.10 Å². The Labute approximate surface area is 339 Å². The fraction of sp³-hybridized carbons (Fsp3) is 0.349. The number of likely N-dealkylation sites (tertiary alicyclic amines) is 2. The van der Waals surface area contributed by atoms with Crippen LogP contribution >= 0.6 is 0 Å². The molecule has 2 N–H and O–H groups in total. The average Bonchev–Trinajstić information content (AvgIpc) is 3.75. The number of fused-ring (bicyclic) bond motifs is 2. The molecule has 2 fully saturated rings. The third kappa shape index (κ3) is 8.32. The number of ketones is 1. The summed E-state index contributed by atoms with van der Waals surface area (Å²) in [6, 6.07) is 21.1. The van der Waals surface area contributed by atoms with E-state index in [-0.39, 0.29) is 61.3 Å². The maximum Gasteiger partial charge on any atom is 0.262 e. The second-order valence-electron chi connectivity index (χ2n) is 14.8. The van der Waals surface area contributed by atoms with Crippen molar-refractivity contribution in [3.8, 4) is 22.8 Å². The lowest BCUT2D eigenvalue weighted by Gasteiger charge is -2.32. The molecule has 16 nitrogen and oxygen atoms in total. The Morgan fingerprint density at radius 2 is 1.56 bits per heavy atom. The number of likely N-dealkylation sites (N-methyl/N-ethyl adjacent to an activating group) is 1. The third-order valence-electron chi connectivity index (χ3n) is 11.0. The van der Waals surface area contributed by atoms with Gasteiger partial charge >= 0.3 is 0 Å². The number of carbonyl (C=O) groups is 5. The molecule has 59 heavy (non-hydrogen) atoms. The molecule has 2 saturated heterocycles. The van der Waals surface area contributed by atoms with Gasteiger partial charge in [0.15, 0.2) is 11.4 Å². The number of carbonyl (C=O) groups excluding carboxylic acids is 5. The van der Waals surface area contributed by atoms with Gasteiger partial charge in [-0.1, -0.05) is 24.3 Å². The van der Waals surface area contributed by atoms with E-state index in [0.717, 1.165) is 70.4 Å². The monoisotopic (exact) mass is 800 g/mol. The average molecular weight is 801 g/mol. The van der Waals surface area contributed by atoms with Crippen LogP contribution in [0.3, 0.4) is 0 Å². The molecule has 5 heterocycles. The lowest BCUT2D eigenvalue weighted by atomic mass is 10.0.